The summed E-state index contributed by atoms with van der Waals surface area (Å²) < 4.78 is 12.8. The van der Waals surface area contributed by atoms with Crippen molar-refractivity contribution in [2.75, 3.05) is 13.7 Å². The van der Waals surface area contributed by atoms with Gasteiger partial charge in [0.2, 0.25) is 0 Å². The van der Waals surface area contributed by atoms with Gasteiger partial charge in [0.15, 0.2) is 0 Å². The summed E-state index contributed by atoms with van der Waals surface area (Å²) in [6, 6.07) is 11.5. The second-order valence-electron chi connectivity index (χ2n) is 4.49. The monoisotopic (exact) mass is 413 g/mol. The Bertz CT molecular complexity index is 632. The Morgan fingerprint density at radius 3 is 2.48 bits per heavy atom. The first-order valence-electron chi connectivity index (χ1n) is 6.58. The second kappa shape index (κ2) is 7.29. The van der Waals surface area contributed by atoms with E-state index < -0.39 is 0 Å². The average molecular weight is 415 g/mol. The first kappa shape index (κ1) is 16.3. The highest BCUT2D eigenvalue weighted by molar-refractivity contribution is 9.10. The van der Waals surface area contributed by atoms with Crippen LogP contribution in [0.5, 0.6) is 11.5 Å². The Morgan fingerprint density at radius 2 is 1.86 bits per heavy atom. The lowest BCUT2D eigenvalue weighted by molar-refractivity contribution is 0.338. The number of nitrogens with two attached hydrogens (primary N) is 1. The summed E-state index contributed by atoms with van der Waals surface area (Å²) in [6.45, 7) is 2.59. The van der Waals surface area contributed by atoms with Gasteiger partial charge in [-0.05, 0) is 52.7 Å². The molecule has 2 N–H and O–H groups in total. The number of methoxy groups -OCH3 is 1. The lowest BCUT2D eigenvalue weighted by Crippen LogP contribution is -2.13. The number of hydrogen-bond donors (Lipinski definition) is 1. The van der Waals surface area contributed by atoms with Gasteiger partial charge in [-0.1, -0.05) is 28.1 Å². The molecule has 0 bridgehead atoms. The van der Waals surface area contributed by atoms with Crippen LogP contribution in [-0.2, 0) is 0 Å². The van der Waals surface area contributed by atoms with E-state index in [2.05, 4.69) is 31.9 Å². The van der Waals surface area contributed by atoms with Crippen molar-refractivity contribution in [3.63, 3.8) is 0 Å². The average Bonchev–Trinajstić information content (AvgIpc) is 2.48. The number of halogens is 2. The Kier molecular flexibility index (Phi) is 5.67. The molecule has 1 unspecified atom stereocenters. The van der Waals surface area contributed by atoms with E-state index in [4.69, 9.17) is 15.2 Å². The molecular formula is C16H17Br2NO2. The molecule has 3 nitrogen and oxygen atoms in total. The maximum atomic E-state index is 6.38. The fourth-order valence-electron chi connectivity index (χ4n) is 2.10. The standard InChI is InChI=1S/C16H17Br2NO2/c1-3-21-14-7-4-10(8-13(14)18)16(19)12-6-5-11(17)9-15(12)20-2/h4-9,16H,3,19H2,1-2H3. The van der Waals surface area contributed by atoms with Crippen molar-refractivity contribution in [1.29, 1.82) is 0 Å². The Labute approximate surface area is 141 Å². The zero-order chi connectivity index (χ0) is 15.4. The van der Waals surface area contributed by atoms with E-state index in [-0.39, 0.29) is 6.04 Å². The zero-order valence-corrected chi connectivity index (χ0v) is 15.1. The van der Waals surface area contributed by atoms with Crippen LogP contribution in [0.4, 0.5) is 0 Å². The van der Waals surface area contributed by atoms with Crippen LogP contribution in [0.2, 0.25) is 0 Å². The Morgan fingerprint density at radius 1 is 1.10 bits per heavy atom. The van der Waals surface area contributed by atoms with E-state index in [0.717, 1.165) is 31.6 Å². The third kappa shape index (κ3) is 3.78. The van der Waals surface area contributed by atoms with Crippen molar-refractivity contribution in [2.45, 2.75) is 13.0 Å². The molecule has 112 valence electrons. The molecule has 5 heteroatoms. The summed E-state index contributed by atoms with van der Waals surface area (Å²) >= 11 is 6.95. The van der Waals surface area contributed by atoms with Crippen LogP contribution in [0.3, 0.4) is 0 Å². The van der Waals surface area contributed by atoms with E-state index in [9.17, 15) is 0 Å². The van der Waals surface area contributed by atoms with E-state index in [1.807, 2.05) is 43.3 Å². The molecule has 2 aromatic rings. The quantitative estimate of drug-likeness (QED) is 0.773. The van der Waals surface area contributed by atoms with Crippen LogP contribution in [0, 0.1) is 0 Å². The van der Waals surface area contributed by atoms with Crippen molar-refractivity contribution in [1.82, 2.24) is 0 Å². The van der Waals surface area contributed by atoms with Crippen LogP contribution in [0.25, 0.3) is 0 Å². The molecule has 0 aliphatic rings. The van der Waals surface area contributed by atoms with Crippen molar-refractivity contribution >= 4 is 31.9 Å². The second-order valence-corrected chi connectivity index (χ2v) is 6.26. The van der Waals surface area contributed by atoms with Crippen molar-refractivity contribution < 1.29 is 9.47 Å². The van der Waals surface area contributed by atoms with Crippen LogP contribution < -0.4 is 15.2 Å². The topological polar surface area (TPSA) is 44.5 Å². The molecule has 0 fully saturated rings. The van der Waals surface area contributed by atoms with Gasteiger partial charge in [-0.25, -0.2) is 0 Å². The smallest absolute Gasteiger partial charge is 0.133 e. The molecule has 0 aromatic heterocycles. The summed E-state index contributed by atoms with van der Waals surface area (Å²) in [4.78, 5) is 0. The molecule has 0 amide bonds. The highest BCUT2D eigenvalue weighted by Gasteiger charge is 2.15. The fraction of sp³-hybridized carbons (Fsp3) is 0.250. The summed E-state index contributed by atoms with van der Waals surface area (Å²) in [5.74, 6) is 1.58. The number of ether oxygens (including phenoxy) is 2. The maximum Gasteiger partial charge on any atom is 0.133 e. The van der Waals surface area contributed by atoms with Gasteiger partial charge in [0.25, 0.3) is 0 Å². The van der Waals surface area contributed by atoms with Gasteiger partial charge >= 0.3 is 0 Å². The van der Waals surface area contributed by atoms with Gasteiger partial charge in [0, 0.05) is 10.0 Å². The van der Waals surface area contributed by atoms with Gasteiger partial charge < -0.3 is 15.2 Å². The van der Waals surface area contributed by atoms with Crippen LogP contribution >= 0.6 is 31.9 Å². The molecule has 21 heavy (non-hydrogen) atoms. The third-order valence-corrected chi connectivity index (χ3v) is 4.26. The molecule has 0 aliphatic heterocycles. The largest absolute Gasteiger partial charge is 0.496 e. The van der Waals surface area contributed by atoms with Crippen LogP contribution in [0.1, 0.15) is 24.1 Å². The predicted octanol–water partition coefficient (Wildman–Crippen LogP) is 4.67. The molecule has 0 radical (unpaired) electrons. The van der Waals surface area contributed by atoms with E-state index >= 15 is 0 Å². The molecule has 0 heterocycles. The lowest BCUT2D eigenvalue weighted by atomic mass is 9.98. The van der Waals surface area contributed by atoms with Crippen LogP contribution in [-0.4, -0.2) is 13.7 Å². The lowest BCUT2D eigenvalue weighted by Gasteiger charge is -2.17. The van der Waals surface area contributed by atoms with Gasteiger partial charge in [-0.15, -0.1) is 0 Å². The molecular weight excluding hydrogens is 398 g/mol. The SMILES string of the molecule is CCOc1ccc(C(N)c2ccc(Br)cc2OC)cc1Br. The van der Waals surface area contributed by atoms with Gasteiger partial charge in [-0.2, -0.15) is 0 Å². The minimum absolute atomic E-state index is 0.264. The molecule has 0 spiro atoms. The molecule has 2 aromatic carbocycles. The predicted molar refractivity (Wildman–Crippen MR) is 92.0 cm³/mol. The van der Waals surface area contributed by atoms with Crippen molar-refractivity contribution in [2.24, 2.45) is 5.73 Å². The van der Waals surface area contributed by atoms with E-state index in [0.29, 0.717) is 6.61 Å². The molecule has 0 aliphatic carbocycles. The summed E-state index contributed by atoms with van der Waals surface area (Å²) in [6.07, 6.45) is 0. The first-order chi connectivity index (χ1) is 10.1. The fourth-order valence-corrected chi connectivity index (χ4v) is 2.96. The van der Waals surface area contributed by atoms with Crippen LogP contribution in [0.15, 0.2) is 45.3 Å². The molecule has 2 rings (SSSR count). The summed E-state index contributed by atoms with van der Waals surface area (Å²) in [5.41, 5.74) is 8.31. The molecule has 1 atom stereocenters. The minimum atomic E-state index is -0.264. The van der Waals surface area contributed by atoms with Gasteiger partial charge in [0.05, 0.1) is 24.2 Å². The normalized spacial score (nSPS) is 12.0. The molecule has 0 saturated heterocycles. The number of hydrogen-bond acceptors (Lipinski definition) is 3. The molecule has 0 saturated carbocycles. The van der Waals surface area contributed by atoms with E-state index in [1.54, 1.807) is 7.11 Å². The number of benzene rings is 2. The van der Waals surface area contributed by atoms with Gasteiger partial charge in [0.1, 0.15) is 11.5 Å². The Hall–Kier alpha value is -1.04. The summed E-state index contributed by atoms with van der Waals surface area (Å²) in [7, 11) is 1.64. The minimum Gasteiger partial charge on any atom is -0.496 e. The highest BCUT2D eigenvalue weighted by Crippen LogP contribution is 2.34. The van der Waals surface area contributed by atoms with Crippen molar-refractivity contribution in [3.05, 3.63) is 56.5 Å². The highest BCUT2D eigenvalue weighted by atomic mass is 79.9. The zero-order valence-electron chi connectivity index (χ0n) is 11.9. The Balaban J connectivity index is 2.36. The van der Waals surface area contributed by atoms with E-state index in [1.165, 1.54) is 0 Å². The number of rotatable bonds is 5. The van der Waals surface area contributed by atoms with Gasteiger partial charge in [-0.3, -0.25) is 0 Å². The summed E-state index contributed by atoms with van der Waals surface area (Å²) in [5, 5.41) is 0. The maximum absolute atomic E-state index is 6.38. The third-order valence-electron chi connectivity index (χ3n) is 3.15. The van der Waals surface area contributed by atoms with Crippen molar-refractivity contribution in [3.8, 4) is 11.5 Å². The first-order valence-corrected chi connectivity index (χ1v) is 8.16.